The summed E-state index contributed by atoms with van der Waals surface area (Å²) in [4.78, 5) is 27.1. The average molecular weight is 578 g/mol. The van der Waals surface area contributed by atoms with Crippen LogP contribution in [0.2, 0.25) is 0 Å². The number of nitrogens with zero attached hydrogens (tertiary/aromatic N) is 1. The molecular weight excluding hydrogens is 530 g/mol. The summed E-state index contributed by atoms with van der Waals surface area (Å²) < 4.78 is 5.13. The second kappa shape index (κ2) is 18.9. The van der Waals surface area contributed by atoms with Gasteiger partial charge in [0.15, 0.2) is 0 Å². The van der Waals surface area contributed by atoms with Crippen LogP contribution < -0.4 is 4.90 Å². The van der Waals surface area contributed by atoms with Crippen molar-refractivity contribution in [2.75, 3.05) is 24.7 Å². The lowest BCUT2D eigenvalue weighted by Gasteiger charge is -2.17. The summed E-state index contributed by atoms with van der Waals surface area (Å²) in [6, 6.07) is 11.5. The molecule has 9 heteroatoms. The van der Waals surface area contributed by atoms with E-state index in [4.69, 9.17) is 9.84 Å². The molecule has 0 aliphatic carbocycles. The van der Waals surface area contributed by atoms with Crippen LogP contribution in [-0.2, 0) is 16.0 Å². The zero-order valence-corrected chi connectivity index (χ0v) is 24.8. The van der Waals surface area contributed by atoms with Gasteiger partial charge in [-0.15, -0.1) is 11.3 Å². The number of hydrogen-bond acceptors (Lipinski definition) is 8. The molecule has 0 spiro atoms. The van der Waals surface area contributed by atoms with Crippen LogP contribution in [0.4, 0.5) is 5.69 Å². The van der Waals surface area contributed by atoms with Gasteiger partial charge in [0.05, 0.1) is 25.4 Å². The Labute approximate surface area is 242 Å². The van der Waals surface area contributed by atoms with E-state index in [1.54, 1.807) is 6.07 Å². The lowest BCUT2D eigenvalue weighted by atomic mass is 10.0. The second-order valence-corrected chi connectivity index (χ2v) is 11.4. The largest absolute Gasteiger partial charge is 0.462 e. The number of carbonyl (C=O) groups excluding carboxylic acids is 2. The number of aryl methyl sites for hydroxylation is 1. The predicted octanol–water partition coefficient (Wildman–Crippen LogP) is 5.17. The molecule has 2 unspecified atom stereocenters. The first kappa shape index (κ1) is 33.9. The average Bonchev–Trinajstić information content (AvgIpc) is 3.63. The van der Waals surface area contributed by atoms with E-state index in [9.17, 15) is 24.9 Å². The topological polar surface area (TPSA) is 128 Å². The Morgan fingerprint density at radius 1 is 0.950 bits per heavy atom. The van der Waals surface area contributed by atoms with E-state index in [0.29, 0.717) is 17.7 Å². The van der Waals surface area contributed by atoms with Crippen molar-refractivity contribution in [2.24, 2.45) is 0 Å². The van der Waals surface area contributed by atoms with Crippen LogP contribution >= 0.6 is 11.3 Å². The van der Waals surface area contributed by atoms with Gasteiger partial charge < -0.3 is 30.1 Å². The molecule has 1 aliphatic heterocycles. The number of anilines is 1. The van der Waals surface area contributed by atoms with Crippen molar-refractivity contribution in [3.8, 4) is 0 Å². The lowest BCUT2D eigenvalue weighted by molar-refractivity contribution is -0.117. The fourth-order valence-electron chi connectivity index (χ4n) is 4.37. The maximum atomic E-state index is 11.8. The highest BCUT2D eigenvalue weighted by atomic mass is 32.1. The normalized spacial score (nSPS) is 15.3. The highest BCUT2D eigenvalue weighted by Crippen LogP contribution is 2.25. The molecular formula is C31H47NO7S. The summed E-state index contributed by atoms with van der Waals surface area (Å²) in [5.74, 6) is -0.142. The number of amides is 1. The molecule has 2 heterocycles. The minimum absolute atomic E-state index is 0.191. The molecule has 1 saturated heterocycles. The van der Waals surface area contributed by atoms with E-state index in [1.807, 2.05) is 35.2 Å². The Morgan fingerprint density at radius 3 is 2.30 bits per heavy atom. The quantitative estimate of drug-likeness (QED) is 0.160. The third-order valence-corrected chi connectivity index (χ3v) is 8.02. The van der Waals surface area contributed by atoms with Gasteiger partial charge in [0, 0.05) is 23.5 Å². The Morgan fingerprint density at radius 2 is 1.68 bits per heavy atom. The molecule has 4 N–H and O–H groups in total. The molecule has 0 radical (unpaired) electrons. The van der Waals surface area contributed by atoms with E-state index < -0.39 is 18.8 Å². The Kier molecular flexibility index (Phi) is 16.1. The molecule has 0 bridgehead atoms. The number of unbranched alkanes of at least 4 members (excludes halogenated alkanes) is 3. The fourth-order valence-corrected chi connectivity index (χ4v) is 5.31. The third-order valence-electron chi connectivity index (χ3n) is 6.89. The molecule has 1 aliphatic rings. The van der Waals surface area contributed by atoms with E-state index in [1.165, 1.54) is 22.6 Å². The summed E-state index contributed by atoms with van der Waals surface area (Å²) in [5, 5.41) is 37.4. The number of carbonyl (C=O) groups is 2. The summed E-state index contributed by atoms with van der Waals surface area (Å²) in [5.41, 5.74) is 1.90. The molecule has 224 valence electrons. The maximum absolute atomic E-state index is 11.8. The maximum Gasteiger partial charge on any atom is 0.348 e. The van der Waals surface area contributed by atoms with Gasteiger partial charge in [-0.3, -0.25) is 4.79 Å². The molecule has 1 aromatic heterocycles. The molecule has 1 fully saturated rings. The number of aliphatic hydroxyl groups is 4. The highest BCUT2D eigenvalue weighted by Gasteiger charge is 2.21. The Bertz CT molecular complexity index is 994. The van der Waals surface area contributed by atoms with Crippen molar-refractivity contribution in [1.82, 2.24) is 0 Å². The standard InChI is InChI=1S/C16H23NO2.C15H24O5S/c1-2-3-4-6-15(18)13-8-10-14(11-9-13)17-12-5-7-16(17)19;1-2-3-5-11-7-8-14(21-11)15(19)20-9-4-6-12(17)13(18)10-16/h8-11,15,18H,2-7,12H2,1H3;7-8,12-13,16-18H,2-6,9-10H2,1H3/t15-;/m0./s1. The summed E-state index contributed by atoms with van der Waals surface area (Å²) in [7, 11) is 0. The smallest absolute Gasteiger partial charge is 0.348 e. The van der Waals surface area contributed by atoms with Crippen molar-refractivity contribution < 1.29 is 34.8 Å². The molecule has 3 atom stereocenters. The number of thiophene rings is 1. The van der Waals surface area contributed by atoms with Gasteiger partial charge in [-0.1, -0.05) is 51.7 Å². The van der Waals surface area contributed by atoms with Crippen LogP contribution in [0.3, 0.4) is 0 Å². The van der Waals surface area contributed by atoms with Crippen LogP contribution in [0, 0.1) is 0 Å². The first-order valence-corrected chi connectivity index (χ1v) is 15.4. The summed E-state index contributed by atoms with van der Waals surface area (Å²) >= 11 is 1.46. The van der Waals surface area contributed by atoms with E-state index in [0.717, 1.165) is 62.7 Å². The molecule has 1 aromatic carbocycles. The van der Waals surface area contributed by atoms with Crippen molar-refractivity contribution in [2.45, 2.75) is 103 Å². The monoisotopic (exact) mass is 577 g/mol. The molecule has 2 aromatic rings. The number of ether oxygens (including phenoxy) is 1. The van der Waals surface area contributed by atoms with Crippen molar-refractivity contribution >= 4 is 28.9 Å². The number of benzene rings is 1. The molecule has 0 saturated carbocycles. The third kappa shape index (κ3) is 11.7. The minimum Gasteiger partial charge on any atom is -0.462 e. The zero-order chi connectivity index (χ0) is 29.3. The van der Waals surface area contributed by atoms with Gasteiger partial charge in [0.1, 0.15) is 11.0 Å². The second-order valence-electron chi connectivity index (χ2n) is 10.2. The summed E-state index contributed by atoms with van der Waals surface area (Å²) in [6.45, 7) is 4.82. The van der Waals surface area contributed by atoms with Crippen molar-refractivity contribution in [3.63, 3.8) is 0 Å². The van der Waals surface area contributed by atoms with Gasteiger partial charge in [0.2, 0.25) is 5.91 Å². The Hall–Kier alpha value is -2.30. The van der Waals surface area contributed by atoms with Crippen LogP contribution in [0.15, 0.2) is 36.4 Å². The molecule has 1 amide bonds. The van der Waals surface area contributed by atoms with Gasteiger partial charge >= 0.3 is 5.97 Å². The fraction of sp³-hybridized carbons (Fsp3) is 0.613. The van der Waals surface area contributed by atoms with E-state index >= 15 is 0 Å². The first-order valence-electron chi connectivity index (χ1n) is 14.6. The lowest BCUT2D eigenvalue weighted by Crippen LogP contribution is -2.29. The zero-order valence-electron chi connectivity index (χ0n) is 24.0. The van der Waals surface area contributed by atoms with Gasteiger partial charge in [0.25, 0.3) is 0 Å². The Balaban J connectivity index is 0.000000281. The number of esters is 1. The molecule has 40 heavy (non-hydrogen) atoms. The first-order chi connectivity index (χ1) is 19.3. The number of rotatable bonds is 16. The summed E-state index contributed by atoms with van der Waals surface area (Å²) in [6.07, 6.45) is 7.24. The number of hydrogen-bond donors (Lipinski definition) is 4. The van der Waals surface area contributed by atoms with Crippen LogP contribution in [0.1, 0.15) is 104 Å². The molecule has 3 rings (SSSR count). The van der Waals surface area contributed by atoms with Gasteiger partial charge in [-0.25, -0.2) is 4.79 Å². The number of aliphatic hydroxyl groups excluding tert-OH is 4. The van der Waals surface area contributed by atoms with Gasteiger partial charge in [-0.2, -0.15) is 0 Å². The van der Waals surface area contributed by atoms with Gasteiger partial charge in [-0.05, 0) is 68.4 Å². The molecule has 8 nitrogen and oxygen atoms in total. The van der Waals surface area contributed by atoms with E-state index in [2.05, 4.69) is 13.8 Å². The SMILES string of the molecule is CCCCC[C@H](O)c1ccc(N2CCCC2=O)cc1.CCCCc1ccc(C(=O)OCCCC(O)C(O)CO)s1. The predicted molar refractivity (Wildman–Crippen MR) is 159 cm³/mol. The van der Waals surface area contributed by atoms with Crippen LogP contribution in [0.5, 0.6) is 0 Å². The van der Waals surface area contributed by atoms with Crippen LogP contribution in [0.25, 0.3) is 0 Å². The van der Waals surface area contributed by atoms with E-state index in [-0.39, 0.29) is 31.0 Å². The minimum atomic E-state index is -1.14. The van der Waals surface area contributed by atoms with Crippen LogP contribution in [-0.4, -0.2) is 64.3 Å². The van der Waals surface area contributed by atoms with Crippen molar-refractivity contribution in [3.05, 3.63) is 51.7 Å². The highest BCUT2D eigenvalue weighted by molar-refractivity contribution is 7.13. The van der Waals surface area contributed by atoms with Crippen molar-refractivity contribution in [1.29, 1.82) is 0 Å².